The fourth-order valence-corrected chi connectivity index (χ4v) is 3.61. The van der Waals surface area contributed by atoms with Crippen molar-refractivity contribution in [3.05, 3.63) is 35.5 Å². The molecule has 0 radical (unpaired) electrons. The SMILES string of the molecule is Cc1cc(NC2CC2)nc(N2CCN(Cc3ccc4c(c3)OCO4)CC2)n1. The lowest BCUT2D eigenvalue weighted by Gasteiger charge is -2.35. The molecule has 2 fully saturated rings. The molecule has 0 spiro atoms. The molecule has 1 saturated carbocycles. The summed E-state index contributed by atoms with van der Waals surface area (Å²) in [6.45, 7) is 7.17. The Bertz CT molecular complexity index is 831. The summed E-state index contributed by atoms with van der Waals surface area (Å²) in [6.07, 6.45) is 2.49. The maximum atomic E-state index is 5.49. The Labute approximate surface area is 159 Å². The maximum absolute atomic E-state index is 5.49. The Hall–Kier alpha value is -2.54. The number of rotatable bonds is 5. The number of nitrogens with one attached hydrogen (secondary N) is 1. The summed E-state index contributed by atoms with van der Waals surface area (Å²) in [5, 5.41) is 3.49. The van der Waals surface area contributed by atoms with E-state index in [1.807, 2.05) is 19.1 Å². The Kier molecular flexibility index (Phi) is 4.24. The van der Waals surface area contributed by atoms with Gasteiger partial charge in [0.25, 0.3) is 0 Å². The number of fused-ring (bicyclic) bond motifs is 1. The minimum Gasteiger partial charge on any atom is -0.454 e. The van der Waals surface area contributed by atoms with E-state index < -0.39 is 0 Å². The smallest absolute Gasteiger partial charge is 0.231 e. The van der Waals surface area contributed by atoms with Crippen molar-refractivity contribution in [2.24, 2.45) is 0 Å². The van der Waals surface area contributed by atoms with Crippen LogP contribution in [0.4, 0.5) is 11.8 Å². The Morgan fingerprint density at radius 1 is 1.04 bits per heavy atom. The van der Waals surface area contributed by atoms with Crippen LogP contribution in [0.1, 0.15) is 24.1 Å². The van der Waals surface area contributed by atoms with Crippen molar-refractivity contribution >= 4 is 11.8 Å². The molecular formula is C20H25N5O2. The summed E-state index contributed by atoms with van der Waals surface area (Å²) >= 11 is 0. The molecule has 3 aliphatic rings. The van der Waals surface area contributed by atoms with Crippen molar-refractivity contribution in [2.75, 3.05) is 43.2 Å². The molecule has 0 bridgehead atoms. The quantitative estimate of drug-likeness (QED) is 0.871. The van der Waals surface area contributed by atoms with Crippen molar-refractivity contribution in [1.82, 2.24) is 14.9 Å². The summed E-state index contributed by atoms with van der Waals surface area (Å²) in [5.41, 5.74) is 2.28. The first-order chi connectivity index (χ1) is 13.2. The fourth-order valence-electron chi connectivity index (χ4n) is 3.61. The van der Waals surface area contributed by atoms with Gasteiger partial charge in [0.2, 0.25) is 12.7 Å². The minimum atomic E-state index is 0.325. The molecule has 3 heterocycles. The minimum absolute atomic E-state index is 0.325. The van der Waals surface area contributed by atoms with Gasteiger partial charge in [0, 0.05) is 50.5 Å². The van der Waals surface area contributed by atoms with Crippen LogP contribution in [0.15, 0.2) is 24.3 Å². The van der Waals surface area contributed by atoms with E-state index in [1.165, 1.54) is 18.4 Å². The van der Waals surface area contributed by atoms with Gasteiger partial charge < -0.3 is 19.7 Å². The number of aryl methyl sites for hydroxylation is 1. The van der Waals surface area contributed by atoms with Crippen molar-refractivity contribution in [3.63, 3.8) is 0 Å². The average molecular weight is 367 g/mol. The van der Waals surface area contributed by atoms with Crippen molar-refractivity contribution in [3.8, 4) is 11.5 Å². The van der Waals surface area contributed by atoms with Gasteiger partial charge in [-0.15, -0.1) is 0 Å². The predicted octanol–water partition coefficient (Wildman–Crippen LogP) is 2.41. The van der Waals surface area contributed by atoms with Crippen LogP contribution in [-0.2, 0) is 6.54 Å². The highest BCUT2D eigenvalue weighted by Crippen LogP contribution is 2.33. The van der Waals surface area contributed by atoms with E-state index >= 15 is 0 Å². The van der Waals surface area contributed by atoms with Gasteiger partial charge in [-0.3, -0.25) is 4.90 Å². The number of aromatic nitrogens is 2. The lowest BCUT2D eigenvalue weighted by molar-refractivity contribution is 0.174. The highest BCUT2D eigenvalue weighted by molar-refractivity contribution is 5.46. The lowest BCUT2D eigenvalue weighted by Crippen LogP contribution is -2.46. The normalized spacial score (nSPS) is 19.4. The average Bonchev–Trinajstić information content (AvgIpc) is 3.35. The molecule has 1 saturated heterocycles. The number of anilines is 2. The molecule has 142 valence electrons. The number of benzene rings is 1. The van der Waals surface area contributed by atoms with E-state index in [1.54, 1.807) is 0 Å². The Balaban J connectivity index is 1.20. The summed E-state index contributed by atoms with van der Waals surface area (Å²) in [4.78, 5) is 14.2. The van der Waals surface area contributed by atoms with Gasteiger partial charge in [0.15, 0.2) is 11.5 Å². The molecule has 2 aliphatic heterocycles. The van der Waals surface area contributed by atoms with Crippen LogP contribution in [0.5, 0.6) is 11.5 Å². The van der Waals surface area contributed by atoms with Gasteiger partial charge in [0.05, 0.1) is 0 Å². The second kappa shape index (κ2) is 6.88. The molecule has 2 aromatic rings. The molecule has 0 unspecified atom stereocenters. The largest absolute Gasteiger partial charge is 0.454 e. The molecule has 5 rings (SSSR count). The number of hydrogen-bond acceptors (Lipinski definition) is 7. The van der Waals surface area contributed by atoms with Crippen LogP contribution in [0, 0.1) is 6.92 Å². The van der Waals surface area contributed by atoms with E-state index in [0.29, 0.717) is 12.8 Å². The zero-order valence-electron chi connectivity index (χ0n) is 15.6. The third-order valence-electron chi connectivity index (χ3n) is 5.27. The first-order valence-electron chi connectivity index (χ1n) is 9.71. The predicted molar refractivity (Wildman–Crippen MR) is 103 cm³/mol. The third-order valence-corrected chi connectivity index (χ3v) is 5.27. The Morgan fingerprint density at radius 2 is 1.85 bits per heavy atom. The topological polar surface area (TPSA) is 62.8 Å². The van der Waals surface area contributed by atoms with Crippen LogP contribution in [0.2, 0.25) is 0 Å². The van der Waals surface area contributed by atoms with Gasteiger partial charge in [-0.05, 0) is 37.5 Å². The summed E-state index contributed by atoms with van der Waals surface area (Å²) in [7, 11) is 0. The molecule has 1 N–H and O–H groups in total. The molecule has 0 amide bonds. The van der Waals surface area contributed by atoms with Gasteiger partial charge >= 0.3 is 0 Å². The molecule has 1 aromatic heterocycles. The van der Waals surface area contributed by atoms with E-state index in [4.69, 9.17) is 14.5 Å². The van der Waals surface area contributed by atoms with Crippen LogP contribution in [0.3, 0.4) is 0 Å². The van der Waals surface area contributed by atoms with Gasteiger partial charge in [0.1, 0.15) is 5.82 Å². The maximum Gasteiger partial charge on any atom is 0.231 e. The highest BCUT2D eigenvalue weighted by Gasteiger charge is 2.24. The number of piperazine rings is 1. The second-order valence-electron chi connectivity index (χ2n) is 7.56. The molecule has 7 heteroatoms. The van der Waals surface area contributed by atoms with Crippen LogP contribution in [-0.4, -0.2) is 53.9 Å². The van der Waals surface area contributed by atoms with Crippen molar-refractivity contribution in [2.45, 2.75) is 32.4 Å². The first-order valence-corrected chi connectivity index (χ1v) is 9.71. The molecule has 0 atom stereocenters. The zero-order chi connectivity index (χ0) is 18.2. The zero-order valence-corrected chi connectivity index (χ0v) is 15.6. The van der Waals surface area contributed by atoms with Crippen LogP contribution < -0.4 is 19.7 Å². The molecule has 7 nitrogen and oxygen atoms in total. The standard InChI is InChI=1S/C20H25N5O2/c1-14-10-19(22-16-3-4-16)23-20(21-14)25-8-6-24(7-9-25)12-15-2-5-17-18(11-15)27-13-26-17/h2,5,10-11,16H,3-4,6-9,12-13H2,1H3,(H,21,22,23). The highest BCUT2D eigenvalue weighted by atomic mass is 16.7. The van der Waals surface area contributed by atoms with Crippen LogP contribution in [0.25, 0.3) is 0 Å². The van der Waals surface area contributed by atoms with Crippen molar-refractivity contribution in [1.29, 1.82) is 0 Å². The summed E-state index contributed by atoms with van der Waals surface area (Å²) in [6, 6.07) is 8.86. The van der Waals surface area contributed by atoms with E-state index in [-0.39, 0.29) is 0 Å². The molecule has 1 aromatic carbocycles. The summed E-state index contributed by atoms with van der Waals surface area (Å²) in [5.74, 6) is 3.51. The molecule has 27 heavy (non-hydrogen) atoms. The van der Waals surface area contributed by atoms with Gasteiger partial charge in [-0.2, -0.15) is 4.98 Å². The van der Waals surface area contributed by atoms with E-state index in [2.05, 4.69) is 32.2 Å². The second-order valence-corrected chi connectivity index (χ2v) is 7.56. The molecular weight excluding hydrogens is 342 g/mol. The van der Waals surface area contributed by atoms with E-state index in [0.717, 1.165) is 61.7 Å². The Morgan fingerprint density at radius 3 is 2.67 bits per heavy atom. The molecule has 1 aliphatic carbocycles. The number of hydrogen-bond donors (Lipinski definition) is 1. The monoisotopic (exact) mass is 367 g/mol. The third kappa shape index (κ3) is 3.78. The number of ether oxygens (including phenoxy) is 2. The summed E-state index contributed by atoms with van der Waals surface area (Å²) < 4.78 is 10.9. The number of nitrogens with zero attached hydrogens (tertiary/aromatic N) is 4. The van der Waals surface area contributed by atoms with Crippen molar-refractivity contribution < 1.29 is 9.47 Å². The van der Waals surface area contributed by atoms with E-state index in [9.17, 15) is 0 Å². The first kappa shape index (κ1) is 16.6. The lowest BCUT2D eigenvalue weighted by atomic mass is 10.1. The van der Waals surface area contributed by atoms with Crippen LogP contribution >= 0.6 is 0 Å². The van der Waals surface area contributed by atoms with Gasteiger partial charge in [-0.25, -0.2) is 4.98 Å². The fraction of sp³-hybridized carbons (Fsp3) is 0.500. The van der Waals surface area contributed by atoms with Gasteiger partial charge in [-0.1, -0.05) is 6.07 Å².